The highest BCUT2D eigenvalue weighted by Gasteiger charge is 2.12. The van der Waals surface area contributed by atoms with E-state index in [1.54, 1.807) is 12.5 Å². The first kappa shape index (κ1) is 13.7. The second-order valence-electron chi connectivity index (χ2n) is 4.83. The van der Waals surface area contributed by atoms with E-state index >= 15 is 0 Å². The summed E-state index contributed by atoms with van der Waals surface area (Å²) in [5, 5.41) is 3.47. The number of anilines is 1. The zero-order valence-electron chi connectivity index (χ0n) is 11.9. The van der Waals surface area contributed by atoms with Gasteiger partial charge in [0.1, 0.15) is 0 Å². The van der Waals surface area contributed by atoms with Crippen molar-refractivity contribution in [2.24, 2.45) is 0 Å². The number of nitrogens with one attached hydrogen (secondary N) is 1. The summed E-state index contributed by atoms with van der Waals surface area (Å²) in [5.74, 6) is 0. The molecule has 102 valence electrons. The smallest absolute Gasteiger partial charge is 0.0952 e. The van der Waals surface area contributed by atoms with Crippen LogP contribution in [0, 0.1) is 0 Å². The van der Waals surface area contributed by atoms with Crippen molar-refractivity contribution in [2.45, 2.75) is 26.4 Å². The minimum atomic E-state index is 0.355. The van der Waals surface area contributed by atoms with Crippen molar-refractivity contribution < 1.29 is 4.42 Å². The summed E-state index contributed by atoms with van der Waals surface area (Å²) >= 11 is 0. The molecule has 0 aliphatic heterocycles. The van der Waals surface area contributed by atoms with Crippen molar-refractivity contribution in [1.29, 1.82) is 0 Å². The van der Waals surface area contributed by atoms with Gasteiger partial charge in [0.05, 0.1) is 12.5 Å². The lowest BCUT2D eigenvalue weighted by Crippen LogP contribution is -2.23. The molecule has 0 saturated carbocycles. The molecule has 0 saturated heterocycles. The third kappa shape index (κ3) is 3.38. The van der Waals surface area contributed by atoms with Gasteiger partial charge in [-0.3, -0.25) is 0 Å². The summed E-state index contributed by atoms with van der Waals surface area (Å²) in [6, 6.07) is 10.9. The van der Waals surface area contributed by atoms with E-state index in [1.165, 1.54) is 16.8 Å². The van der Waals surface area contributed by atoms with Crippen LogP contribution in [0.15, 0.2) is 47.3 Å². The van der Waals surface area contributed by atoms with Crippen molar-refractivity contribution in [3.63, 3.8) is 0 Å². The molecule has 0 spiro atoms. The zero-order chi connectivity index (χ0) is 13.7. The van der Waals surface area contributed by atoms with E-state index in [0.717, 1.165) is 13.1 Å². The number of para-hydroxylation sites is 1. The lowest BCUT2D eigenvalue weighted by Gasteiger charge is -2.25. The van der Waals surface area contributed by atoms with Crippen LogP contribution in [0.5, 0.6) is 0 Å². The quantitative estimate of drug-likeness (QED) is 0.858. The Labute approximate surface area is 115 Å². The van der Waals surface area contributed by atoms with Gasteiger partial charge in [0.25, 0.3) is 0 Å². The van der Waals surface area contributed by atoms with Crippen LogP contribution in [0.25, 0.3) is 0 Å². The highest BCUT2D eigenvalue weighted by atomic mass is 16.3. The van der Waals surface area contributed by atoms with Gasteiger partial charge in [-0.05, 0) is 31.2 Å². The topological polar surface area (TPSA) is 28.4 Å². The fraction of sp³-hybridized carbons (Fsp3) is 0.375. The molecule has 2 aromatic rings. The number of nitrogens with zero attached hydrogens (tertiary/aromatic N) is 1. The van der Waals surface area contributed by atoms with E-state index in [1.807, 2.05) is 6.07 Å². The van der Waals surface area contributed by atoms with Crippen LogP contribution in [-0.4, -0.2) is 13.6 Å². The first-order chi connectivity index (χ1) is 9.22. The molecule has 1 heterocycles. The third-order valence-electron chi connectivity index (χ3n) is 3.32. The Hall–Kier alpha value is -1.74. The van der Waals surface area contributed by atoms with Gasteiger partial charge in [-0.15, -0.1) is 0 Å². The van der Waals surface area contributed by atoms with E-state index in [0.29, 0.717) is 6.04 Å². The maximum Gasteiger partial charge on any atom is 0.0952 e. The maximum atomic E-state index is 5.13. The first-order valence-corrected chi connectivity index (χ1v) is 6.77. The standard InChI is InChI=1S/C16H22N2O/c1-4-17-13(2)15-7-5-6-8-16(15)18(3)11-14-9-10-19-12-14/h5-10,12-13,17H,4,11H2,1-3H3. The predicted octanol–water partition coefficient (Wildman–Crippen LogP) is 3.59. The summed E-state index contributed by atoms with van der Waals surface area (Å²) in [4.78, 5) is 2.26. The molecule has 1 N–H and O–H groups in total. The minimum Gasteiger partial charge on any atom is -0.472 e. The molecule has 0 amide bonds. The van der Waals surface area contributed by atoms with Crippen LogP contribution in [0.1, 0.15) is 31.0 Å². The first-order valence-electron chi connectivity index (χ1n) is 6.77. The van der Waals surface area contributed by atoms with Crippen molar-refractivity contribution in [3.05, 3.63) is 54.0 Å². The largest absolute Gasteiger partial charge is 0.472 e. The molecule has 19 heavy (non-hydrogen) atoms. The van der Waals surface area contributed by atoms with Gasteiger partial charge in [0.15, 0.2) is 0 Å². The number of hydrogen-bond acceptors (Lipinski definition) is 3. The van der Waals surface area contributed by atoms with Crippen LogP contribution >= 0.6 is 0 Å². The van der Waals surface area contributed by atoms with E-state index in [9.17, 15) is 0 Å². The van der Waals surface area contributed by atoms with Gasteiger partial charge in [-0.1, -0.05) is 25.1 Å². The Morgan fingerprint density at radius 1 is 1.26 bits per heavy atom. The monoisotopic (exact) mass is 258 g/mol. The summed E-state index contributed by atoms with van der Waals surface area (Å²) in [7, 11) is 2.12. The average molecular weight is 258 g/mol. The molecule has 0 bridgehead atoms. The second-order valence-corrected chi connectivity index (χ2v) is 4.83. The van der Waals surface area contributed by atoms with Crippen molar-refractivity contribution in [2.75, 3.05) is 18.5 Å². The second kappa shape index (κ2) is 6.43. The van der Waals surface area contributed by atoms with E-state index < -0.39 is 0 Å². The molecule has 1 aromatic heterocycles. The molecule has 2 rings (SSSR count). The molecule has 3 heteroatoms. The Morgan fingerprint density at radius 3 is 2.74 bits per heavy atom. The number of hydrogen-bond donors (Lipinski definition) is 1. The third-order valence-corrected chi connectivity index (χ3v) is 3.32. The van der Waals surface area contributed by atoms with Gasteiger partial charge in [0.2, 0.25) is 0 Å². The summed E-state index contributed by atoms with van der Waals surface area (Å²) in [6.45, 7) is 6.16. The molecular formula is C16H22N2O. The Bertz CT molecular complexity index is 493. The van der Waals surface area contributed by atoms with E-state index in [-0.39, 0.29) is 0 Å². The molecule has 0 fully saturated rings. The Balaban J connectivity index is 2.18. The molecule has 0 aliphatic rings. The normalized spacial score (nSPS) is 12.4. The fourth-order valence-corrected chi connectivity index (χ4v) is 2.36. The molecule has 1 aromatic carbocycles. The molecule has 0 aliphatic carbocycles. The van der Waals surface area contributed by atoms with Crippen molar-refractivity contribution in [3.8, 4) is 0 Å². The maximum absolute atomic E-state index is 5.13. The minimum absolute atomic E-state index is 0.355. The zero-order valence-corrected chi connectivity index (χ0v) is 11.9. The number of rotatable bonds is 6. The molecular weight excluding hydrogens is 236 g/mol. The van der Waals surface area contributed by atoms with Gasteiger partial charge in [-0.25, -0.2) is 0 Å². The van der Waals surface area contributed by atoms with Gasteiger partial charge in [-0.2, -0.15) is 0 Å². The summed E-state index contributed by atoms with van der Waals surface area (Å²) in [6.07, 6.45) is 3.52. The van der Waals surface area contributed by atoms with E-state index in [2.05, 4.69) is 55.4 Å². The van der Waals surface area contributed by atoms with Gasteiger partial charge >= 0.3 is 0 Å². The van der Waals surface area contributed by atoms with E-state index in [4.69, 9.17) is 4.42 Å². The van der Waals surface area contributed by atoms with Gasteiger partial charge in [0, 0.05) is 30.9 Å². The highest BCUT2D eigenvalue weighted by molar-refractivity contribution is 5.54. The summed E-state index contributed by atoms with van der Waals surface area (Å²) in [5.41, 5.74) is 3.78. The predicted molar refractivity (Wildman–Crippen MR) is 79.3 cm³/mol. The van der Waals surface area contributed by atoms with Crippen LogP contribution < -0.4 is 10.2 Å². The van der Waals surface area contributed by atoms with Crippen molar-refractivity contribution in [1.82, 2.24) is 5.32 Å². The van der Waals surface area contributed by atoms with Crippen LogP contribution in [0.3, 0.4) is 0 Å². The summed E-state index contributed by atoms with van der Waals surface area (Å²) < 4.78 is 5.13. The molecule has 1 unspecified atom stereocenters. The molecule has 1 atom stereocenters. The SMILES string of the molecule is CCNC(C)c1ccccc1N(C)Cc1ccoc1. The van der Waals surface area contributed by atoms with Gasteiger partial charge < -0.3 is 14.6 Å². The van der Waals surface area contributed by atoms with Crippen molar-refractivity contribution >= 4 is 5.69 Å². The lowest BCUT2D eigenvalue weighted by molar-refractivity contribution is 0.563. The van der Waals surface area contributed by atoms with Crippen LogP contribution in [0.2, 0.25) is 0 Å². The lowest BCUT2D eigenvalue weighted by atomic mass is 10.0. The fourth-order valence-electron chi connectivity index (χ4n) is 2.36. The molecule has 3 nitrogen and oxygen atoms in total. The Kier molecular flexibility index (Phi) is 4.63. The highest BCUT2D eigenvalue weighted by Crippen LogP contribution is 2.26. The Morgan fingerprint density at radius 2 is 2.05 bits per heavy atom. The number of benzene rings is 1. The van der Waals surface area contributed by atoms with Crippen LogP contribution in [0.4, 0.5) is 5.69 Å². The number of furan rings is 1. The average Bonchev–Trinajstić information content (AvgIpc) is 2.92. The van der Waals surface area contributed by atoms with Crippen LogP contribution in [-0.2, 0) is 6.54 Å². The molecule has 0 radical (unpaired) electrons.